The lowest BCUT2D eigenvalue weighted by atomic mass is 10.0. The summed E-state index contributed by atoms with van der Waals surface area (Å²) in [4.78, 5) is 22.3. The van der Waals surface area contributed by atoms with Crippen molar-refractivity contribution in [2.75, 3.05) is 7.11 Å². The molecule has 2 aromatic rings. The normalized spacial score (nSPS) is 10.7. The van der Waals surface area contributed by atoms with Crippen molar-refractivity contribution in [1.29, 1.82) is 0 Å². The number of hydrogen-bond donors (Lipinski definition) is 0. The van der Waals surface area contributed by atoms with Gasteiger partial charge in [0, 0.05) is 22.8 Å². The lowest BCUT2D eigenvalue weighted by Gasteiger charge is -2.01. The second-order valence-corrected chi connectivity index (χ2v) is 4.20. The van der Waals surface area contributed by atoms with Crippen LogP contribution in [0.1, 0.15) is 22.8 Å². The van der Waals surface area contributed by atoms with E-state index in [1.165, 1.54) is 20.1 Å². The highest BCUT2D eigenvalue weighted by molar-refractivity contribution is 5.94. The Kier molecular flexibility index (Phi) is 4.15. The van der Waals surface area contributed by atoms with Gasteiger partial charge in [0.15, 0.2) is 5.78 Å². The fourth-order valence-electron chi connectivity index (χ4n) is 1.77. The number of carbonyl (C=O) groups is 2. The van der Waals surface area contributed by atoms with E-state index in [2.05, 4.69) is 4.74 Å². The standard InChI is InChI=1S/C16H14O4/c1-11(17)12-3-5-13(6-4-12)16-14(9-10-20-16)7-8-15(18)19-2/h3-10H,1-2H3/b8-7+. The maximum absolute atomic E-state index is 11.2. The molecule has 1 heterocycles. The van der Waals surface area contributed by atoms with Crippen LogP contribution in [-0.4, -0.2) is 18.9 Å². The summed E-state index contributed by atoms with van der Waals surface area (Å²) in [6.45, 7) is 1.52. The molecule has 0 N–H and O–H groups in total. The van der Waals surface area contributed by atoms with Gasteiger partial charge in [0.25, 0.3) is 0 Å². The molecule has 0 aliphatic heterocycles. The van der Waals surface area contributed by atoms with Crippen LogP contribution in [0.3, 0.4) is 0 Å². The van der Waals surface area contributed by atoms with Gasteiger partial charge in [0.05, 0.1) is 13.4 Å². The number of Topliss-reactive ketones (excluding diaryl/α,β-unsaturated/α-hetero) is 1. The Morgan fingerprint density at radius 1 is 1.15 bits per heavy atom. The monoisotopic (exact) mass is 270 g/mol. The fourth-order valence-corrected chi connectivity index (χ4v) is 1.77. The zero-order chi connectivity index (χ0) is 14.5. The highest BCUT2D eigenvalue weighted by atomic mass is 16.5. The zero-order valence-corrected chi connectivity index (χ0v) is 11.3. The van der Waals surface area contributed by atoms with Gasteiger partial charge in [0.1, 0.15) is 5.76 Å². The number of ketones is 1. The second kappa shape index (κ2) is 6.02. The number of carbonyl (C=O) groups excluding carboxylic acids is 2. The molecular weight excluding hydrogens is 256 g/mol. The predicted octanol–water partition coefficient (Wildman–Crippen LogP) is 3.34. The molecule has 0 fully saturated rings. The van der Waals surface area contributed by atoms with E-state index in [1.807, 2.05) is 12.1 Å². The first kappa shape index (κ1) is 13.8. The van der Waals surface area contributed by atoms with Crippen molar-refractivity contribution >= 4 is 17.8 Å². The van der Waals surface area contributed by atoms with Crippen molar-refractivity contribution in [1.82, 2.24) is 0 Å². The Bertz CT molecular complexity index is 647. The van der Waals surface area contributed by atoms with Crippen molar-refractivity contribution in [3.63, 3.8) is 0 Å². The second-order valence-electron chi connectivity index (χ2n) is 4.20. The van der Waals surface area contributed by atoms with Gasteiger partial charge in [-0.3, -0.25) is 4.79 Å². The van der Waals surface area contributed by atoms with Gasteiger partial charge in [-0.15, -0.1) is 0 Å². The first-order valence-corrected chi connectivity index (χ1v) is 6.06. The number of furan rings is 1. The molecule has 1 aromatic carbocycles. The minimum atomic E-state index is -0.427. The zero-order valence-electron chi connectivity index (χ0n) is 11.3. The first-order valence-electron chi connectivity index (χ1n) is 6.06. The maximum Gasteiger partial charge on any atom is 0.330 e. The quantitative estimate of drug-likeness (QED) is 0.485. The van der Waals surface area contributed by atoms with Crippen molar-refractivity contribution in [3.05, 3.63) is 53.8 Å². The summed E-state index contributed by atoms with van der Waals surface area (Å²) < 4.78 is 9.97. The molecule has 0 amide bonds. The van der Waals surface area contributed by atoms with Crippen molar-refractivity contribution < 1.29 is 18.7 Å². The van der Waals surface area contributed by atoms with Crippen molar-refractivity contribution in [2.45, 2.75) is 6.92 Å². The van der Waals surface area contributed by atoms with E-state index in [0.717, 1.165) is 11.1 Å². The average Bonchev–Trinajstić information content (AvgIpc) is 2.93. The first-order chi connectivity index (χ1) is 9.61. The molecule has 0 aliphatic rings. The van der Waals surface area contributed by atoms with E-state index < -0.39 is 5.97 Å². The van der Waals surface area contributed by atoms with Crippen LogP contribution in [-0.2, 0) is 9.53 Å². The van der Waals surface area contributed by atoms with Crippen molar-refractivity contribution in [3.8, 4) is 11.3 Å². The van der Waals surface area contributed by atoms with Crippen LogP contribution in [0.4, 0.5) is 0 Å². The molecule has 20 heavy (non-hydrogen) atoms. The Morgan fingerprint density at radius 3 is 2.45 bits per heavy atom. The third-order valence-corrected chi connectivity index (χ3v) is 2.85. The third-order valence-electron chi connectivity index (χ3n) is 2.85. The van der Waals surface area contributed by atoms with Crippen LogP contribution in [0.15, 0.2) is 47.1 Å². The smallest absolute Gasteiger partial charge is 0.330 e. The Labute approximate surface area is 116 Å². The predicted molar refractivity (Wildman–Crippen MR) is 75.2 cm³/mol. The van der Waals surface area contributed by atoms with Crippen LogP contribution in [0, 0.1) is 0 Å². The minimum absolute atomic E-state index is 0.0156. The molecule has 0 radical (unpaired) electrons. The summed E-state index contributed by atoms with van der Waals surface area (Å²) in [5, 5.41) is 0. The van der Waals surface area contributed by atoms with Crippen LogP contribution in [0.25, 0.3) is 17.4 Å². The van der Waals surface area contributed by atoms with Gasteiger partial charge in [-0.1, -0.05) is 24.3 Å². The minimum Gasteiger partial charge on any atom is -0.466 e. The summed E-state index contributed by atoms with van der Waals surface area (Å²) >= 11 is 0. The molecule has 0 spiro atoms. The highest BCUT2D eigenvalue weighted by Gasteiger charge is 2.08. The molecule has 0 unspecified atom stereocenters. The molecule has 0 saturated heterocycles. The van der Waals surface area contributed by atoms with Crippen LogP contribution >= 0.6 is 0 Å². The lowest BCUT2D eigenvalue weighted by Crippen LogP contribution is -1.93. The Balaban J connectivity index is 2.30. The topological polar surface area (TPSA) is 56.5 Å². The average molecular weight is 270 g/mol. The summed E-state index contributed by atoms with van der Waals surface area (Å²) in [5.74, 6) is 0.228. The van der Waals surface area contributed by atoms with E-state index in [4.69, 9.17) is 4.42 Å². The molecule has 2 rings (SSSR count). The molecule has 4 nitrogen and oxygen atoms in total. The molecular formula is C16H14O4. The maximum atomic E-state index is 11.2. The number of ether oxygens (including phenoxy) is 1. The number of benzene rings is 1. The Morgan fingerprint density at radius 2 is 1.85 bits per heavy atom. The third kappa shape index (κ3) is 3.03. The highest BCUT2D eigenvalue weighted by Crippen LogP contribution is 2.26. The van der Waals surface area contributed by atoms with Gasteiger partial charge in [0.2, 0.25) is 0 Å². The number of hydrogen-bond acceptors (Lipinski definition) is 4. The lowest BCUT2D eigenvalue weighted by molar-refractivity contribution is -0.134. The van der Waals surface area contributed by atoms with E-state index in [1.54, 1.807) is 30.5 Å². The van der Waals surface area contributed by atoms with Gasteiger partial charge in [-0.2, -0.15) is 0 Å². The fraction of sp³-hybridized carbons (Fsp3) is 0.125. The molecule has 102 valence electrons. The van der Waals surface area contributed by atoms with E-state index in [0.29, 0.717) is 11.3 Å². The number of methoxy groups -OCH3 is 1. The van der Waals surface area contributed by atoms with Gasteiger partial charge < -0.3 is 9.15 Å². The van der Waals surface area contributed by atoms with E-state index in [-0.39, 0.29) is 5.78 Å². The van der Waals surface area contributed by atoms with E-state index in [9.17, 15) is 9.59 Å². The molecule has 0 aliphatic carbocycles. The van der Waals surface area contributed by atoms with Gasteiger partial charge >= 0.3 is 5.97 Å². The molecule has 0 saturated carbocycles. The number of rotatable bonds is 4. The Hall–Kier alpha value is -2.62. The largest absolute Gasteiger partial charge is 0.466 e. The number of esters is 1. The van der Waals surface area contributed by atoms with Crippen LogP contribution in [0.2, 0.25) is 0 Å². The van der Waals surface area contributed by atoms with E-state index >= 15 is 0 Å². The molecule has 1 aromatic heterocycles. The van der Waals surface area contributed by atoms with Crippen LogP contribution in [0.5, 0.6) is 0 Å². The van der Waals surface area contributed by atoms with Crippen molar-refractivity contribution in [2.24, 2.45) is 0 Å². The summed E-state index contributed by atoms with van der Waals surface area (Å²) in [5.41, 5.74) is 2.25. The van der Waals surface area contributed by atoms with Gasteiger partial charge in [-0.25, -0.2) is 4.79 Å². The molecule has 0 atom stereocenters. The summed E-state index contributed by atoms with van der Waals surface area (Å²) in [6.07, 6.45) is 4.51. The van der Waals surface area contributed by atoms with Crippen LogP contribution < -0.4 is 0 Å². The SMILES string of the molecule is COC(=O)/C=C/c1ccoc1-c1ccc(C(C)=O)cc1. The summed E-state index contributed by atoms with van der Waals surface area (Å²) in [7, 11) is 1.32. The summed E-state index contributed by atoms with van der Waals surface area (Å²) in [6, 6.07) is 8.87. The molecule has 4 heteroatoms. The molecule has 0 bridgehead atoms. The van der Waals surface area contributed by atoms with Gasteiger partial charge in [-0.05, 0) is 19.1 Å².